The van der Waals surface area contributed by atoms with E-state index < -0.39 is 5.54 Å². The SMILES string of the molecule is CN1C(=O)C(c2cccc(-c3cnccc3Cl)c2)(c2ccc3c(c2)CCCO3)N=C1N.Cl. The smallest absolute Gasteiger partial charge is 0.266 e. The van der Waals surface area contributed by atoms with Gasteiger partial charge >= 0.3 is 0 Å². The second-order valence-corrected chi connectivity index (χ2v) is 8.16. The molecule has 0 aliphatic carbocycles. The third-order valence-corrected chi connectivity index (χ3v) is 6.26. The first-order chi connectivity index (χ1) is 15.0. The molecular formula is C24H22Cl2N4O2. The van der Waals surface area contributed by atoms with E-state index >= 15 is 0 Å². The second kappa shape index (κ2) is 8.45. The molecule has 2 aliphatic rings. The third kappa shape index (κ3) is 3.40. The number of aryl methyl sites for hydroxylation is 1. The Bertz CT molecular complexity index is 1230. The summed E-state index contributed by atoms with van der Waals surface area (Å²) in [4.78, 5) is 23.9. The summed E-state index contributed by atoms with van der Waals surface area (Å²) in [5, 5.41) is 0.588. The summed E-state index contributed by atoms with van der Waals surface area (Å²) in [6.45, 7) is 0.707. The van der Waals surface area contributed by atoms with Crippen molar-refractivity contribution < 1.29 is 9.53 Å². The molecule has 2 aliphatic heterocycles. The number of benzene rings is 2. The lowest BCUT2D eigenvalue weighted by atomic mass is 9.80. The van der Waals surface area contributed by atoms with E-state index in [2.05, 4.69) is 4.98 Å². The fourth-order valence-electron chi connectivity index (χ4n) is 4.27. The van der Waals surface area contributed by atoms with Crippen LogP contribution in [-0.2, 0) is 16.8 Å². The average Bonchev–Trinajstić information content (AvgIpc) is 3.04. The number of pyridine rings is 1. The molecule has 6 nitrogen and oxygen atoms in total. The van der Waals surface area contributed by atoms with Crippen LogP contribution in [0.1, 0.15) is 23.1 Å². The number of fused-ring (bicyclic) bond motifs is 1. The first-order valence-corrected chi connectivity index (χ1v) is 10.5. The Morgan fingerprint density at radius 3 is 2.72 bits per heavy atom. The lowest BCUT2D eigenvalue weighted by molar-refractivity contribution is -0.129. The number of carbonyl (C=O) groups excluding carboxylic acids is 1. The van der Waals surface area contributed by atoms with Crippen LogP contribution in [0.4, 0.5) is 0 Å². The average molecular weight is 469 g/mol. The van der Waals surface area contributed by atoms with Crippen LogP contribution in [0.3, 0.4) is 0 Å². The Kier molecular flexibility index (Phi) is 5.84. The van der Waals surface area contributed by atoms with Gasteiger partial charge in [-0.2, -0.15) is 0 Å². The Morgan fingerprint density at radius 2 is 1.97 bits per heavy atom. The van der Waals surface area contributed by atoms with E-state index in [0.717, 1.165) is 46.4 Å². The molecule has 164 valence electrons. The Labute approximate surface area is 197 Å². The molecule has 0 radical (unpaired) electrons. The van der Waals surface area contributed by atoms with Crippen LogP contribution in [0, 0.1) is 0 Å². The minimum absolute atomic E-state index is 0. The number of hydrogen-bond acceptors (Lipinski definition) is 5. The van der Waals surface area contributed by atoms with Gasteiger partial charge < -0.3 is 10.5 Å². The van der Waals surface area contributed by atoms with E-state index in [4.69, 9.17) is 27.1 Å². The minimum atomic E-state index is -1.27. The van der Waals surface area contributed by atoms with Gasteiger partial charge in [-0.25, -0.2) is 4.99 Å². The summed E-state index contributed by atoms with van der Waals surface area (Å²) in [5.74, 6) is 0.844. The number of hydrogen-bond donors (Lipinski definition) is 1. The minimum Gasteiger partial charge on any atom is -0.493 e. The first kappa shape index (κ1) is 22.1. The Morgan fingerprint density at radius 1 is 1.16 bits per heavy atom. The molecule has 8 heteroatoms. The Hall–Kier alpha value is -3.09. The maximum atomic E-state index is 13.6. The number of nitrogens with zero attached hydrogens (tertiary/aromatic N) is 3. The highest BCUT2D eigenvalue weighted by Crippen LogP contribution is 2.42. The van der Waals surface area contributed by atoms with Crippen LogP contribution in [-0.4, -0.2) is 35.4 Å². The maximum Gasteiger partial charge on any atom is 0.266 e. The number of halogens is 2. The molecule has 5 rings (SSSR count). The molecule has 0 bridgehead atoms. The van der Waals surface area contributed by atoms with Crippen molar-refractivity contribution in [2.45, 2.75) is 18.4 Å². The van der Waals surface area contributed by atoms with Crippen LogP contribution in [0.5, 0.6) is 5.75 Å². The number of aromatic nitrogens is 1. The van der Waals surface area contributed by atoms with Crippen molar-refractivity contribution >= 4 is 35.9 Å². The number of nitrogens with two attached hydrogens (primary N) is 1. The highest BCUT2D eigenvalue weighted by atomic mass is 35.5. The maximum absolute atomic E-state index is 13.6. The van der Waals surface area contributed by atoms with Crippen molar-refractivity contribution in [2.75, 3.05) is 13.7 Å². The van der Waals surface area contributed by atoms with Gasteiger partial charge in [0, 0.05) is 25.0 Å². The van der Waals surface area contributed by atoms with Gasteiger partial charge in [-0.15, -0.1) is 12.4 Å². The number of rotatable bonds is 3. The highest BCUT2D eigenvalue weighted by Gasteiger charge is 2.49. The summed E-state index contributed by atoms with van der Waals surface area (Å²) >= 11 is 6.40. The molecular weight excluding hydrogens is 447 g/mol. The van der Waals surface area contributed by atoms with E-state index in [0.29, 0.717) is 11.6 Å². The monoisotopic (exact) mass is 468 g/mol. The quantitative estimate of drug-likeness (QED) is 0.624. The molecule has 0 spiro atoms. The van der Waals surface area contributed by atoms with E-state index in [1.54, 1.807) is 25.5 Å². The zero-order valence-electron chi connectivity index (χ0n) is 17.4. The van der Waals surface area contributed by atoms with Crippen LogP contribution in [0.25, 0.3) is 11.1 Å². The van der Waals surface area contributed by atoms with Crippen LogP contribution in [0.15, 0.2) is 65.9 Å². The normalized spacial score (nSPS) is 19.6. The fourth-order valence-corrected chi connectivity index (χ4v) is 4.49. The largest absolute Gasteiger partial charge is 0.493 e. The molecule has 2 aromatic carbocycles. The van der Waals surface area contributed by atoms with Crippen LogP contribution >= 0.6 is 24.0 Å². The van der Waals surface area contributed by atoms with Crippen molar-refractivity contribution in [3.63, 3.8) is 0 Å². The van der Waals surface area contributed by atoms with E-state index in [1.807, 2.05) is 42.5 Å². The second-order valence-electron chi connectivity index (χ2n) is 7.76. The van der Waals surface area contributed by atoms with Crippen LogP contribution < -0.4 is 10.5 Å². The van der Waals surface area contributed by atoms with Crippen molar-refractivity contribution in [2.24, 2.45) is 10.7 Å². The summed E-state index contributed by atoms with van der Waals surface area (Å²) in [6.07, 6.45) is 5.20. The predicted octanol–water partition coefficient (Wildman–Crippen LogP) is 4.18. The molecule has 2 N–H and O–H groups in total. The van der Waals surface area contributed by atoms with Crippen LogP contribution in [0.2, 0.25) is 5.02 Å². The number of aliphatic imine (C=N–C) groups is 1. The van der Waals surface area contributed by atoms with Crippen molar-refractivity contribution in [1.82, 2.24) is 9.88 Å². The molecule has 1 amide bonds. The summed E-state index contributed by atoms with van der Waals surface area (Å²) in [5.41, 5.74) is 9.07. The number of likely N-dealkylation sites (N-methyl/N-ethyl adjacent to an activating group) is 1. The van der Waals surface area contributed by atoms with Gasteiger partial charge in [-0.05, 0) is 59.4 Å². The van der Waals surface area contributed by atoms with Gasteiger partial charge in [-0.1, -0.05) is 35.9 Å². The van der Waals surface area contributed by atoms with Gasteiger partial charge in [0.2, 0.25) is 0 Å². The molecule has 32 heavy (non-hydrogen) atoms. The fraction of sp³-hybridized carbons (Fsp3) is 0.208. The first-order valence-electron chi connectivity index (χ1n) is 10.1. The number of carbonyl (C=O) groups is 1. The zero-order valence-corrected chi connectivity index (χ0v) is 19.0. The lowest BCUT2D eigenvalue weighted by Gasteiger charge is -2.28. The predicted molar refractivity (Wildman–Crippen MR) is 127 cm³/mol. The topological polar surface area (TPSA) is 80.8 Å². The molecule has 1 aromatic heterocycles. The molecule has 0 saturated carbocycles. The molecule has 1 atom stereocenters. The molecule has 0 fully saturated rings. The van der Waals surface area contributed by atoms with Crippen molar-refractivity contribution in [1.29, 1.82) is 0 Å². The molecule has 3 heterocycles. The molecule has 1 unspecified atom stereocenters. The molecule has 3 aromatic rings. The van der Waals surface area contributed by atoms with Gasteiger partial charge in [0.25, 0.3) is 5.91 Å². The lowest BCUT2D eigenvalue weighted by Crippen LogP contribution is -2.41. The zero-order chi connectivity index (χ0) is 21.6. The third-order valence-electron chi connectivity index (χ3n) is 5.93. The van der Waals surface area contributed by atoms with E-state index in [-0.39, 0.29) is 24.3 Å². The highest BCUT2D eigenvalue weighted by molar-refractivity contribution is 6.33. The number of amides is 1. The number of guanidine groups is 1. The van der Waals surface area contributed by atoms with Crippen molar-refractivity contribution in [3.8, 4) is 16.9 Å². The van der Waals surface area contributed by atoms with Crippen molar-refractivity contribution in [3.05, 3.63) is 82.6 Å². The van der Waals surface area contributed by atoms with Gasteiger partial charge in [0.05, 0.1) is 11.6 Å². The van der Waals surface area contributed by atoms with E-state index in [9.17, 15) is 4.79 Å². The standard InChI is InChI=1S/C24H21ClN4O2.ClH/c1-29-22(30)24(28-23(29)26,18-7-8-21-16(13-18)5-3-11-31-21)17-6-2-4-15(12-17)19-14-27-10-9-20(19)25;/h2,4,6-10,12-14H,3,5,11H2,1H3,(H2,26,28);1H. The van der Waals surface area contributed by atoms with Gasteiger partial charge in [0.15, 0.2) is 11.5 Å². The Balaban J connectivity index is 0.00000245. The summed E-state index contributed by atoms with van der Waals surface area (Å²) in [7, 11) is 1.65. The van der Waals surface area contributed by atoms with E-state index in [1.165, 1.54) is 4.90 Å². The molecule has 0 saturated heterocycles. The summed E-state index contributed by atoms with van der Waals surface area (Å²) in [6, 6.07) is 15.3. The summed E-state index contributed by atoms with van der Waals surface area (Å²) < 4.78 is 5.76. The van der Waals surface area contributed by atoms with Gasteiger partial charge in [-0.3, -0.25) is 14.7 Å². The number of ether oxygens (including phenoxy) is 1. The van der Waals surface area contributed by atoms with Gasteiger partial charge in [0.1, 0.15) is 5.75 Å².